The van der Waals surface area contributed by atoms with Crippen LogP contribution in [0.15, 0.2) is 36.4 Å². The minimum atomic E-state index is 0.000456. The van der Waals surface area contributed by atoms with E-state index in [1.54, 1.807) is 0 Å². The number of benzene rings is 2. The van der Waals surface area contributed by atoms with Crippen LogP contribution in [0.25, 0.3) is 11.1 Å². The lowest BCUT2D eigenvalue weighted by Crippen LogP contribution is -2.22. The molecule has 0 aliphatic heterocycles. The normalized spacial score (nSPS) is 12.5. The molecule has 0 saturated heterocycles. The molecule has 2 aromatic rings. The Morgan fingerprint density at radius 1 is 0.864 bits per heavy atom. The first-order valence-electron chi connectivity index (χ1n) is 7.71. The van der Waals surface area contributed by atoms with Gasteiger partial charge in [0.2, 0.25) is 0 Å². The molecule has 0 unspecified atom stereocenters. The number of halogens is 1. The van der Waals surface area contributed by atoms with E-state index < -0.39 is 0 Å². The fourth-order valence-corrected chi connectivity index (χ4v) is 3.38. The minimum Gasteiger partial charge on any atom is -0.398 e. The average Bonchev–Trinajstić information content (AvgIpc) is 2.35. The molecule has 2 N–H and O–H groups in total. The topological polar surface area (TPSA) is 26.0 Å². The molecule has 2 aromatic carbocycles. The molecule has 0 aliphatic rings. The molecule has 0 aliphatic carbocycles. The molecule has 2 heteroatoms. The van der Waals surface area contributed by atoms with Crippen LogP contribution in [-0.2, 0) is 10.8 Å². The molecule has 118 valence electrons. The van der Waals surface area contributed by atoms with Gasteiger partial charge in [0.1, 0.15) is 0 Å². The van der Waals surface area contributed by atoms with Crippen LogP contribution < -0.4 is 5.73 Å². The molecule has 0 aromatic heterocycles. The second-order valence-corrected chi connectivity index (χ2v) is 8.38. The fraction of sp³-hybridized carbons (Fsp3) is 0.400. The molecule has 1 nitrogen and oxygen atoms in total. The summed E-state index contributed by atoms with van der Waals surface area (Å²) in [4.78, 5) is 0. The van der Waals surface area contributed by atoms with E-state index in [0.717, 1.165) is 21.8 Å². The smallest absolute Gasteiger partial charge is 0.0452 e. The maximum absolute atomic E-state index is 6.69. The van der Waals surface area contributed by atoms with Crippen molar-refractivity contribution in [1.82, 2.24) is 0 Å². The van der Waals surface area contributed by atoms with Crippen molar-refractivity contribution in [2.75, 3.05) is 5.73 Å². The van der Waals surface area contributed by atoms with Gasteiger partial charge in [0.15, 0.2) is 0 Å². The first-order valence-corrected chi connectivity index (χ1v) is 8.09. The lowest BCUT2D eigenvalue weighted by molar-refractivity contribution is 0.530. The number of para-hydroxylation sites is 1. The van der Waals surface area contributed by atoms with Gasteiger partial charge >= 0.3 is 0 Å². The van der Waals surface area contributed by atoms with E-state index in [9.17, 15) is 0 Å². The Balaban J connectivity index is 2.78. The summed E-state index contributed by atoms with van der Waals surface area (Å²) in [5.41, 5.74) is 11.6. The van der Waals surface area contributed by atoms with Gasteiger partial charge in [-0.15, -0.1) is 0 Å². The van der Waals surface area contributed by atoms with Crippen molar-refractivity contribution in [3.8, 4) is 11.1 Å². The summed E-state index contributed by atoms with van der Waals surface area (Å²) in [6.07, 6.45) is 0. The Hall–Kier alpha value is -1.47. The van der Waals surface area contributed by atoms with Crippen LogP contribution in [0.3, 0.4) is 0 Å². The van der Waals surface area contributed by atoms with Crippen molar-refractivity contribution in [2.24, 2.45) is 0 Å². The van der Waals surface area contributed by atoms with Crippen molar-refractivity contribution < 1.29 is 0 Å². The van der Waals surface area contributed by atoms with Gasteiger partial charge in [-0.3, -0.25) is 0 Å². The van der Waals surface area contributed by atoms with E-state index >= 15 is 0 Å². The minimum absolute atomic E-state index is 0.000456. The van der Waals surface area contributed by atoms with E-state index in [2.05, 4.69) is 47.6 Å². The number of nitrogen functional groups attached to an aromatic ring is 1. The van der Waals surface area contributed by atoms with Crippen LogP contribution >= 0.6 is 11.6 Å². The fourth-order valence-electron chi connectivity index (χ4n) is 2.88. The van der Waals surface area contributed by atoms with Crippen LogP contribution in [-0.4, -0.2) is 0 Å². The monoisotopic (exact) mass is 315 g/mol. The average molecular weight is 316 g/mol. The van der Waals surface area contributed by atoms with Crippen molar-refractivity contribution in [3.05, 3.63) is 52.5 Å². The molecule has 0 radical (unpaired) electrons. The maximum atomic E-state index is 6.69. The van der Waals surface area contributed by atoms with Crippen molar-refractivity contribution in [2.45, 2.75) is 52.4 Å². The van der Waals surface area contributed by atoms with Gasteiger partial charge in [-0.2, -0.15) is 0 Å². The summed E-state index contributed by atoms with van der Waals surface area (Å²) in [7, 11) is 0. The number of hydrogen-bond acceptors (Lipinski definition) is 1. The SMILES string of the molecule is CC(C)(C)c1cc(-c2ccccc2N)cc(Cl)c1C(C)(C)C. The van der Waals surface area contributed by atoms with E-state index in [1.165, 1.54) is 11.1 Å². The lowest BCUT2D eigenvalue weighted by Gasteiger charge is -2.32. The zero-order valence-corrected chi connectivity index (χ0v) is 15.2. The highest BCUT2D eigenvalue weighted by atomic mass is 35.5. The largest absolute Gasteiger partial charge is 0.398 e. The van der Waals surface area contributed by atoms with Crippen LogP contribution in [0, 0.1) is 0 Å². The molecule has 22 heavy (non-hydrogen) atoms. The van der Waals surface area contributed by atoms with Crippen LogP contribution in [0.2, 0.25) is 5.02 Å². The van der Waals surface area contributed by atoms with E-state index in [4.69, 9.17) is 17.3 Å². The first kappa shape index (κ1) is 16.9. The van der Waals surface area contributed by atoms with E-state index in [1.807, 2.05) is 30.3 Å². The van der Waals surface area contributed by atoms with Crippen LogP contribution in [0.4, 0.5) is 5.69 Å². The zero-order valence-electron chi connectivity index (χ0n) is 14.4. The van der Waals surface area contributed by atoms with Gasteiger partial charge < -0.3 is 5.73 Å². The number of rotatable bonds is 1. The second-order valence-electron chi connectivity index (χ2n) is 7.97. The molecule has 2 rings (SSSR count). The molecular weight excluding hydrogens is 290 g/mol. The standard InChI is InChI=1S/C20H26ClN/c1-19(2,3)15-11-13(14-9-7-8-10-17(14)22)12-16(21)18(15)20(4,5)6/h7-12H,22H2,1-6H3. The third-order valence-corrected chi connectivity index (χ3v) is 4.22. The summed E-state index contributed by atoms with van der Waals surface area (Å²) in [5.74, 6) is 0. The molecule has 0 atom stereocenters. The zero-order chi connectivity index (χ0) is 16.7. The Morgan fingerprint density at radius 3 is 1.95 bits per heavy atom. The maximum Gasteiger partial charge on any atom is 0.0452 e. The molecule has 0 heterocycles. The Kier molecular flexibility index (Phi) is 4.32. The van der Waals surface area contributed by atoms with Gasteiger partial charge in [0.25, 0.3) is 0 Å². The molecule has 0 fully saturated rings. The second kappa shape index (κ2) is 5.62. The number of nitrogens with two attached hydrogens (primary N) is 1. The number of anilines is 1. The molecule has 0 bridgehead atoms. The predicted octanol–water partition coefficient (Wildman–Crippen LogP) is 6.18. The van der Waals surface area contributed by atoms with E-state index in [0.29, 0.717) is 0 Å². The molecule has 0 amide bonds. The third-order valence-electron chi connectivity index (χ3n) is 3.92. The summed E-state index contributed by atoms with van der Waals surface area (Å²) < 4.78 is 0. The molecular formula is C20H26ClN. The van der Waals surface area contributed by atoms with Gasteiger partial charge in [0, 0.05) is 16.3 Å². The van der Waals surface area contributed by atoms with Gasteiger partial charge in [-0.1, -0.05) is 77.4 Å². The summed E-state index contributed by atoms with van der Waals surface area (Å²) in [6, 6.07) is 12.2. The third kappa shape index (κ3) is 3.30. The highest BCUT2D eigenvalue weighted by Crippen LogP contribution is 2.42. The Morgan fingerprint density at radius 2 is 1.45 bits per heavy atom. The lowest BCUT2D eigenvalue weighted by atomic mass is 9.74. The van der Waals surface area contributed by atoms with Gasteiger partial charge in [-0.25, -0.2) is 0 Å². The summed E-state index contributed by atoms with van der Waals surface area (Å²) in [5, 5.41) is 0.818. The van der Waals surface area contributed by atoms with Crippen molar-refractivity contribution in [1.29, 1.82) is 0 Å². The quantitative estimate of drug-likeness (QED) is 0.624. The van der Waals surface area contributed by atoms with Gasteiger partial charge in [0.05, 0.1) is 0 Å². The summed E-state index contributed by atoms with van der Waals surface area (Å²) in [6.45, 7) is 13.3. The van der Waals surface area contributed by atoms with E-state index in [-0.39, 0.29) is 10.8 Å². The van der Waals surface area contributed by atoms with Crippen molar-refractivity contribution in [3.63, 3.8) is 0 Å². The van der Waals surface area contributed by atoms with Crippen LogP contribution in [0.1, 0.15) is 52.7 Å². The Bertz CT molecular complexity index is 688. The predicted molar refractivity (Wildman–Crippen MR) is 98.7 cm³/mol. The first-order chi connectivity index (χ1) is 10.0. The van der Waals surface area contributed by atoms with Crippen LogP contribution in [0.5, 0.6) is 0 Å². The van der Waals surface area contributed by atoms with Gasteiger partial charge in [-0.05, 0) is 39.7 Å². The highest BCUT2D eigenvalue weighted by Gasteiger charge is 2.28. The Labute approximate surface area is 139 Å². The highest BCUT2D eigenvalue weighted by molar-refractivity contribution is 6.32. The summed E-state index contributed by atoms with van der Waals surface area (Å²) >= 11 is 6.69. The molecule has 0 spiro atoms. The van der Waals surface area contributed by atoms with Crippen molar-refractivity contribution >= 4 is 17.3 Å². The number of hydrogen-bond donors (Lipinski definition) is 1. The molecule has 0 saturated carbocycles.